The van der Waals surface area contributed by atoms with Crippen molar-refractivity contribution in [3.05, 3.63) is 158 Å². The third-order valence-electron chi connectivity index (χ3n) is 8.86. The van der Waals surface area contributed by atoms with E-state index >= 15 is 0 Å². The van der Waals surface area contributed by atoms with Gasteiger partial charge in [0.25, 0.3) is 0 Å². The predicted octanol–water partition coefficient (Wildman–Crippen LogP) is 10.6. The third kappa shape index (κ3) is 4.23. The van der Waals surface area contributed by atoms with Crippen LogP contribution in [0.1, 0.15) is 0 Å². The first-order valence-corrected chi connectivity index (χ1v) is 15.4. The quantitative estimate of drug-likeness (QED) is 0.208. The van der Waals surface area contributed by atoms with Crippen molar-refractivity contribution in [1.82, 2.24) is 14.5 Å². The van der Waals surface area contributed by atoms with Gasteiger partial charge in [-0.25, -0.2) is 9.97 Å². The number of phenolic OH excluding ortho intramolecular Hbond substituents is 1. The number of benzene rings is 6. The summed E-state index contributed by atoms with van der Waals surface area (Å²) >= 11 is 0. The molecule has 0 saturated heterocycles. The van der Waals surface area contributed by atoms with Crippen molar-refractivity contribution < 1.29 is 5.11 Å². The Labute approximate surface area is 265 Å². The van der Waals surface area contributed by atoms with Crippen molar-refractivity contribution >= 4 is 43.6 Å². The smallest absolute Gasteiger partial charge is 0.124 e. The van der Waals surface area contributed by atoms with Crippen LogP contribution in [0, 0.1) is 0 Å². The van der Waals surface area contributed by atoms with E-state index in [1.54, 1.807) is 6.07 Å². The molecular formula is C42H27N3O. The Morgan fingerprint density at radius 3 is 1.67 bits per heavy atom. The summed E-state index contributed by atoms with van der Waals surface area (Å²) in [5.41, 5.74) is 10.6. The summed E-state index contributed by atoms with van der Waals surface area (Å²) in [7, 11) is 0. The first-order valence-electron chi connectivity index (χ1n) is 15.4. The van der Waals surface area contributed by atoms with E-state index < -0.39 is 0 Å². The van der Waals surface area contributed by atoms with Crippen LogP contribution in [0.25, 0.3) is 82.9 Å². The number of pyridine rings is 2. The molecule has 0 radical (unpaired) electrons. The van der Waals surface area contributed by atoms with Gasteiger partial charge in [0.15, 0.2) is 0 Å². The Morgan fingerprint density at radius 1 is 0.435 bits per heavy atom. The zero-order chi connectivity index (χ0) is 30.6. The molecule has 4 heteroatoms. The van der Waals surface area contributed by atoms with E-state index in [-0.39, 0.29) is 5.75 Å². The van der Waals surface area contributed by atoms with Gasteiger partial charge in [-0.1, -0.05) is 103 Å². The number of aromatic nitrogens is 3. The van der Waals surface area contributed by atoms with E-state index in [0.717, 1.165) is 49.9 Å². The lowest BCUT2D eigenvalue weighted by atomic mass is 9.99. The molecule has 1 N–H and O–H groups in total. The van der Waals surface area contributed by atoms with Gasteiger partial charge in [-0.05, 0) is 65.7 Å². The van der Waals surface area contributed by atoms with Gasteiger partial charge in [0.2, 0.25) is 0 Å². The van der Waals surface area contributed by atoms with Crippen LogP contribution in [0.4, 0.5) is 0 Å². The van der Waals surface area contributed by atoms with Gasteiger partial charge < -0.3 is 9.67 Å². The summed E-state index contributed by atoms with van der Waals surface area (Å²) in [5, 5.41) is 15.0. The van der Waals surface area contributed by atoms with Crippen molar-refractivity contribution in [2.75, 3.05) is 0 Å². The lowest BCUT2D eigenvalue weighted by molar-refractivity contribution is 0.477. The molecule has 0 fully saturated rings. The second-order valence-electron chi connectivity index (χ2n) is 11.6. The molecule has 9 aromatic rings. The Morgan fingerprint density at radius 2 is 0.978 bits per heavy atom. The van der Waals surface area contributed by atoms with Gasteiger partial charge in [-0.15, -0.1) is 0 Å². The van der Waals surface area contributed by atoms with E-state index in [2.05, 4.69) is 120 Å². The Hall–Kier alpha value is -6.26. The molecule has 4 nitrogen and oxygen atoms in total. The number of phenols is 1. The summed E-state index contributed by atoms with van der Waals surface area (Å²) in [5.74, 6) is 0.207. The highest BCUT2D eigenvalue weighted by Crippen LogP contribution is 2.37. The van der Waals surface area contributed by atoms with Crippen molar-refractivity contribution in [3.63, 3.8) is 0 Å². The largest absolute Gasteiger partial charge is 0.507 e. The van der Waals surface area contributed by atoms with Gasteiger partial charge in [-0.3, -0.25) is 0 Å². The summed E-state index contributed by atoms with van der Waals surface area (Å²) in [6.07, 6.45) is 0. The van der Waals surface area contributed by atoms with Gasteiger partial charge >= 0.3 is 0 Å². The lowest BCUT2D eigenvalue weighted by Crippen LogP contribution is -1.97. The highest BCUT2D eigenvalue weighted by Gasteiger charge is 2.16. The van der Waals surface area contributed by atoms with Gasteiger partial charge in [0, 0.05) is 38.4 Å². The van der Waals surface area contributed by atoms with Crippen molar-refractivity contribution in [3.8, 4) is 45.1 Å². The molecule has 0 atom stereocenters. The maximum absolute atomic E-state index is 10.5. The van der Waals surface area contributed by atoms with Crippen LogP contribution in [0.15, 0.2) is 158 Å². The van der Waals surface area contributed by atoms with Gasteiger partial charge in [-0.2, -0.15) is 0 Å². The molecule has 0 aliphatic rings. The van der Waals surface area contributed by atoms with Crippen molar-refractivity contribution in [2.45, 2.75) is 0 Å². The zero-order valence-electron chi connectivity index (χ0n) is 24.8. The van der Waals surface area contributed by atoms with Crippen molar-refractivity contribution in [1.29, 1.82) is 0 Å². The summed E-state index contributed by atoms with van der Waals surface area (Å²) in [6.45, 7) is 0. The maximum Gasteiger partial charge on any atom is 0.124 e. The Balaban J connectivity index is 1.29. The highest BCUT2D eigenvalue weighted by molar-refractivity contribution is 6.09. The number of fused-ring (bicyclic) bond motifs is 6. The van der Waals surface area contributed by atoms with E-state index in [4.69, 9.17) is 9.97 Å². The standard InChI is InChI=1S/C42H27N3O/c46-40-17-9-6-14-35(40)37-23-21-29-19-18-28-20-22-36(43-41(28)42(29)44-37)31-24-30(27-10-2-1-3-11-27)25-32(26-31)45-38-15-7-4-12-33(38)34-13-5-8-16-39(34)45/h1-26,46H. The summed E-state index contributed by atoms with van der Waals surface area (Å²) in [6, 6.07) is 54.2. The third-order valence-corrected chi connectivity index (χ3v) is 8.86. The lowest BCUT2D eigenvalue weighted by Gasteiger charge is -2.14. The molecule has 9 rings (SSSR count). The number of aromatic hydroxyl groups is 1. The molecule has 0 aliphatic carbocycles. The average molecular weight is 590 g/mol. The monoisotopic (exact) mass is 589 g/mol. The van der Waals surface area contributed by atoms with Gasteiger partial charge in [0.05, 0.1) is 33.5 Å². The fourth-order valence-electron chi connectivity index (χ4n) is 6.65. The van der Waals surface area contributed by atoms with Crippen LogP contribution < -0.4 is 0 Å². The minimum atomic E-state index is 0.207. The van der Waals surface area contributed by atoms with Gasteiger partial charge in [0.1, 0.15) is 5.75 Å². The van der Waals surface area contributed by atoms with E-state index in [1.807, 2.05) is 36.4 Å². The molecule has 0 saturated carbocycles. The Bertz CT molecular complexity index is 2550. The maximum atomic E-state index is 10.5. The summed E-state index contributed by atoms with van der Waals surface area (Å²) in [4.78, 5) is 10.3. The molecule has 0 spiro atoms. The molecule has 46 heavy (non-hydrogen) atoms. The van der Waals surface area contributed by atoms with Crippen LogP contribution in [0.2, 0.25) is 0 Å². The van der Waals surface area contributed by atoms with E-state index in [9.17, 15) is 5.11 Å². The minimum absolute atomic E-state index is 0.207. The molecule has 0 unspecified atom stereocenters. The number of hydrogen-bond donors (Lipinski definition) is 1. The molecule has 3 aromatic heterocycles. The molecule has 0 bridgehead atoms. The predicted molar refractivity (Wildman–Crippen MR) is 189 cm³/mol. The Kier molecular flexibility index (Phi) is 5.93. The van der Waals surface area contributed by atoms with Crippen molar-refractivity contribution in [2.24, 2.45) is 0 Å². The highest BCUT2D eigenvalue weighted by atomic mass is 16.3. The van der Waals surface area contributed by atoms with Crippen LogP contribution in [0.3, 0.4) is 0 Å². The number of para-hydroxylation sites is 3. The number of nitrogens with zero attached hydrogens (tertiary/aromatic N) is 3. The molecule has 0 aliphatic heterocycles. The average Bonchev–Trinajstić information content (AvgIpc) is 3.46. The van der Waals surface area contributed by atoms with Crippen LogP contribution in [-0.4, -0.2) is 19.6 Å². The minimum Gasteiger partial charge on any atom is -0.507 e. The zero-order valence-corrected chi connectivity index (χ0v) is 24.8. The first kappa shape index (κ1) is 26.2. The fourth-order valence-corrected chi connectivity index (χ4v) is 6.65. The molecule has 6 aromatic carbocycles. The van der Waals surface area contributed by atoms with E-state index in [1.165, 1.54) is 21.8 Å². The molecule has 216 valence electrons. The van der Waals surface area contributed by atoms with Crippen LogP contribution in [-0.2, 0) is 0 Å². The second kappa shape index (κ2) is 10.4. The second-order valence-corrected chi connectivity index (χ2v) is 11.6. The first-order chi connectivity index (χ1) is 22.7. The van der Waals surface area contributed by atoms with Crippen LogP contribution >= 0.6 is 0 Å². The van der Waals surface area contributed by atoms with Crippen LogP contribution in [0.5, 0.6) is 5.75 Å². The molecule has 0 amide bonds. The normalized spacial score (nSPS) is 11.6. The molecule has 3 heterocycles. The summed E-state index contributed by atoms with van der Waals surface area (Å²) < 4.78 is 2.36. The topological polar surface area (TPSA) is 50.9 Å². The van der Waals surface area contributed by atoms with E-state index in [0.29, 0.717) is 11.3 Å². The number of hydrogen-bond acceptors (Lipinski definition) is 3. The SMILES string of the molecule is Oc1ccccc1-c1ccc2ccc3ccc(-c4cc(-c5ccccc5)cc(-n5c6ccccc6c6ccccc65)c4)nc3c2n1. The fraction of sp³-hybridized carbons (Fsp3) is 0. The number of rotatable bonds is 4. The molecular weight excluding hydrogens is 562 g/mol.